The minimum Gasteiger partial charge on any atom is -0.390 e. The summed E-state index contributed by atoms with van der Waals surface area (Å²) in [5.74, 6) is 2.42. The second-order valence-corrected chi connectivity index (χ2v) is 2.90. The molecule has 0 spiro atoms. The van der Waals surface area contributed by atoms with Crippen LogP contribution in [0.1, 0.15) is 20.3 Å². The summed E-state index contributed by atoms with van der Waals surface area (Å²) in [6.45, 7) is 3.82. The molecule has 1 atom stereocenters. The van der Waals surface area contributed by atoms with Crippen molar-refractivity contribution in [2.24, 2.45) is 0 Å². The maximum atomic E-state index is 9.37. The second kappa shape index (κ2) is 3.60. The predicted molar refractivity (Wildman–Crippen MR) is 42.6 cm³/mol. The van der Waals surface area contributed by atoms with E-state index in [9.17, 15) is 5.11 Å². The molecule has 0 rings (SSSR count). The Balaban J connectivity index is 3.93. The molecule has 1 unspecified atom stereocenters. The Morgan fingerprint density at radius 3 is 2.50 bits per heavy atom. The van der Waals surface area contributed by atoms with E-state index < -0.39 is 6.10 Å². The van der Waals surface area contributed by atoms with Crippen LogP contribution in [0.2, 0.25) is 0 Å². The highest BCUT2D eigenvalue weighted by Gasteiger charge is 2.24. The van der Waals surface area contributed by atoms with Crippen LogP contribution in [0.3, 0.4) is 0 Å². The zero-order chi connectivity index (χ0) is 8.20. The lowest BCUT2D eigenvalue weighted by molar-refractivity contribution is 0.0900. The zero-order valence-electron chi connectivity index (χ0n) is 6.81. The molecule has 2 nitrogen and oxygen atoms in total. The molecule has 0 aromatic carbocycles. The Labute approximate surface area is 62.6 Å². The second-order valence-electron chi connectivity index (χ2n) is 2.90. The van der Waals surface area contributed by atoms with Gasteiger partial charge in [0.2, 0.25) is 0 Å². The van der Waals surface area contributed by atoms with Crippen molar-refractivity contribution in [1.82, 2.24) is 5.32 Å². The van der Waals surface area contributed by atoms with Crippen molar-refractivity contribution in [3.8, 4) is 12.3 Å². The van der Waals surface area contributed by atoms with Crippen LogP contribution < -0.4 is 5.32 Å². The molecule has 58 valence electrons. The van der Waals surface area contributed by atoms with Crippen LogP contribution >= 0.6 is 0 Å². The molecule has 0 saturated heterocycles. The van der Waals surface area contributed by atoms with Gasteiger partial charge < -0.3 is 10.4 Å². The Bertz CT molecular complexity index is 135. The molecule has 0 amide bonds. The van der Waals surface area contributed by atoms with Crippen molar-refractivity contribution in [1.29, 1.82) is 0 Å². The summed E-state index contributed by atoms with van der Waals surface area (Å²) < 4.78 is 0. The number of terminal acetylenes is 1. The highest BCUT2D eigenvalue weighted by Crippen LogP contribution is 2.10. The summed E-state index contributed by atoms with van der Waals surface area (Å²) >= 11 is 0. The van der Waals surface area contributed by atoms with E-state index in [4.69, 9.17) is 6.42 Å². The number of likely N-dealkylation sites (N-methyl/N-ethyl adjacent to an activating group) is 1. The molecule has 2 heteroatoms. The van der Waals surface area contributed by atoms with Crippen LogP contribution in [0.5, 0.6) is 0 Å². The van der Waals surface area contributed by atoms with Crippen molar-refractivity contribution in [3.63, 3.8) is 0 Å². The van der Waals surface area contributed by atoms with Crippen molar-refractivity contribution in [2.75, 3.05) is 7.05 Å². The van der Waals surface area contributed by atoms with Gasteiger partial charge in [0.25, 0.3) is 0 Å². The van der Waals surface area contributed by atoms with Crippen LogP contribution in [0.4, 0.5) is 0 Å². The van der Waals surface area contributed by atoms with Gasteiger partial charge >= 0.3 is 0 Å². The quantitative estimate of drug-likeness (QED) is 0.556. The standard InChI is InChI=1S/C8H15NO/c1-5-6-7(10)8(2,3)9-4/h1,7,9-10H,6H2,2-4H3. The van der Waals surface area contributed by atoms with E-state index in [0.29, 0.717) is 6.42 Å². The lowest BCUT2D eigenvalue weighted by Crippen LogP contribution is -2.47. The minimum absolute atomic E-state index is 0.285. The van der Waals surface area contributed by atoms with Crippen molar-refractivity contribution < 1.29 is 5.11 Å². The van der Waals surface area contributed by atoms with Crippen LogP contribution in [-0.4, -0.2) is 23.8 Å². The molecule has 0 bridgehead atoms. The normalized spacial score (nSPS) is 14.3. The topological polar surface area (TPSA) is 32.3 Å². The molecule has 2 N–H and O–H groups in total. The fraction of sp³-hybridized carbons (Fsp3) is 0.750. The molecule has 10 heavy (non-hydrogen) atoms. The Morgan fingerprint density at radius 2 is 2.20 bits per heavy atom. The highest BCUT2D eigenvalue weighted by atomic mass is 16.3. The van der Waals surface area contributed by atoms with Crippen LogP contribution in [-0.2, 0) is 0 Å². The molecule has 0 aliphatic rings. The van der Waals surface area contributed by atoms with Gasteiger partial charge in [0.1, 0.15) is 0 Å². The Kier molecular flexibility index (Phi) is 3.41. The third kappa shape index (κ3) is 2.38. The van der Waals surface area contributed by atoms with E-state index in [2.05, 4.69) is 11.2 Å². The molecule has 0 fully saturated rings. The molecular weight excluding hydrogens is 126 g/mol. The molecule has 0 aliphatic heterocycles. The number of hydrogen-bond donors (Lipinski definition) is 2. The number of hydrogen-bond acceptors (Lipinski definition) is 2. The summed E-state index contributed by atoms with van der Waals surface area (Å²) in [7, 11) is 1.81. The lowest BCUT2D eigenvalue weighted by Gasteiger charge is -2.28. The average molecular weight is 141 g/mol. The Hall–Kier alpha value is -0.520. The van der Waals surface area contributed by atoms with E-state index in [1.165, 1.54) is 0 Å². The monoisotopic (exact) mass is 141 g/mol. The third-order valence-electron chi connectivity index (χ3n) is 1.79. The van der Waals surface area contributed by atoms with Crippen LogP contribution in [0.25, 0.3) is 0 Å². The molecule has 0 aliphatic carbocycles. The minimum atomic E-state index is -0.470. The van der Waals surface area contributed by atoms with Gasteiger partial charge in [0.15, 0.2) is 0 Å². The summed E-state index contributed by atoms with van der Waals surface area (Å²) in [4.78, 5) is 0. The molecule has 0 aromatic rings. The van der Waals surface area contributed by atoms with Gasteiger partial charge in [-0.1, -0.05) is 0 Å². The smallest absolute Gasteiger partial charge is 0.0825 e. The fourth-order valence-corrected chi connectivity index (χ4v) is 0.533. The SMILES string of the molecule is C#CCC(O)C(C)(C)NC. The van der Waals surface area contributed by atoms with Crippen molar-refractivity contribution in [3.05, 3.63) is 0 Å². The van der Waals surface area contributed by atoms with Gasteiger partial charge in [-0.3, -0.25) is 0 Å². The number of aliphatic hydroxyl groups excluding tert-OH is 1. The lowest BCUT2D eigenvalue weighted by atomic mass is 9.95. The predicted octanol–water partition coefficient (Wildman–Crippen LogP) is 0.369. The molecule has 0 aromatic heterocycles. The van der Waals surface area contributed by atoms with Crippen LogP contribution in [0.15, 0.2) is 0 Å². The van der Waals surface area contributed by atoms with Gasteiger partial charge in [0, 0.05) is 12.0 Å². The number of aliphatic hydroxyl groups is 1. The zero-order valence-corrected chi connectivity index (χ0v) is 6.81. The maximum absolute atomic E-state index is 9.37. The van der Waals surface area contributed by atoms with E-state index >= 15 is 0 Å². The van der Waals surface area contributed by atoms with Gasteiger partial charge in [0.05, 0.1) is 6.10 Å². The largest absolute Gasteiger partial charge is 0.390 e. The van der Waals surface area contributed by atoms with E-state index in [0.717, 1.165) is 0 Å². The first-order chi connectivity index (χ1) is 4.54. The highest BCUT2D eigenvalue weighted by molar-refractivity contribution is 4.95. The molecule has 0 heterocycles. The van der Waals surface area contributed by atoms with Crippen molar-refractivity contribution >= 4 is 0 Å². The molecular formula is C8H15NO. The van der Waals surface area contributed by atoms with E-state index in [-0.39, 0.29) is 5.54 Å². The van der Waals surface area contributed by atoms with Gasteiger partial charge in [-0.2, -0.15) is 0 Å². The van der Waals surface area contributed by atoms with E-state index in [1.807, 2.05) is 13.8 Å². The van der Waals surface area contributed by atoms with Gasteiger partial charge in [-0.05, 0) is 20.9 Å². The molecule has 0 saturated carbocycles. The Morgan fingerprint density at radius 1 is 1.70 bits per heavy atom. The number of nitrogens with one attached hydrogen (secondary N) is 1. The summed E-state index contributed by atoms with van der Waals surface area (Å²) in [6, 6.07) is 0. The summed E-state index contributed by atoms with van der Waals surface area (Å²) in [5.41, 5.74) is -0.285. The first kappa shape index (κ1) is 9.48. The first-order valence-corrected chi connectivity index (χ1v) is 3.35. The first-order valence-electron chi connectivity index (χ1n) is 3.35. The third-order valence-corrected chi connectivity index (χ3v) is 1.79. The van der Waals surface area contributed by atoms with Gasteiger partial charge in [-0.15, -0.1) is 12.3 Å². The van der Waals surface area contributed by atoms with Crippen LogP contribution in [0, 0.1) is 12.3 Å². The maximum Gasteiger partial charge on any atom is 0.0825 e. The average Bonchev–Trinajstić information content (AvgIpc) is 1.89. The van der Waals surface area contributed by atoms with Crippen molar-refractivity contribution in [2.45, 2.75) is 31.9 Å². The van der Waals surface area contributed by atoms with E-state index in [1.54, 1.807) is 7.05 Å². The van der Waals surface area contributed by atoms with Gasteiger partial charge in [-0.25, -0.2) is 0 Å². The fourth-order valence-electron chi connectivity index (χ4n) is 0.533. The number of rotatable bonds is 3. The molecule has 0 radical (unpaired) electrons. The summed E-state index contributed by atoms with van der Waals surface area (Å²) in [6.07, 6.45) is 4.97. The summed E-state index contributed by atoms with van der Waals surface area (Å²) in [5, 5.41) is 12.4.